The number of aliphatic hydroxyl groups is 1. The van der Waals surface area contributed by atoms with Crippen molar-refractivity contribution in [3.05, 3.63) is 35.7 Å². The highest BCUT2D eigenvalue weighted by Crippen LogP contribution is 2.24. The van der Waals surface area contributed by atoms with Crippen LogP contribution in [-0.2, 0) is 0 Å². The van der Waals surface area contributed by atoms with E-state index in [1.54, 1.807) is 13.0 Å². The van der Waals surface area contributed by atoms with Gasteiger partial charge in [-0.3, -0.25) is 9.69 Å². The predicted molar refractivity (Wildman–Crippen MR) is 93.1 cm³/mol. The molecule has 25 heavy (non-hydrogen) atoms. The Morgan fingerprint density at radius 2 is 1.96 bits per heavy atom. The van der Waals surface area contributed by atoms with Gasteiger partial charge in [-0.1, -0.05) is 19.1 Å². The van der Waals surface area contributed by atoms with Crippen molar-refractivity contribution in [2.75, 3.05) is 32.8 Å². The fourth-order valence-corrected chi connectivity index (χ4v) is 3.22. The number of hydrogen-bond acceptors (Lipinski definition) is 6. The summed E-state index contributed by atoms with van der Waals surface area (Å²) in [7, 11) is 0. The van der Waals surface area contributed by atoms with Crippen molar-refractivity contribution in [2.24, 2.45) is 0 Å². The zero-order valence-electron chi connectivity index (χ0n) is 14.7. The summed E-state index contributed by atoms with van der Waals surface area (Å²) in [5.41, 5.74) is 1.24. The number of rotatable bonds is 5. The number of aliphatic hydroxyl groups excluding tert-OH is 1. The third kappa shape index (κ3) is 3.72. The average molecular weight is 344 g/mol. The van der Waals surface area contributed by atoms with E-state index in [0.717, 1.165) is 19.5 Å². The maximum atomic E-state index is 13.0. The third-order valence-electron chi connectivity index (χ3n) is 4.71. The molecule has 2 aromatic rings. The van der Waals surface area contributed by atoms with Crippen LogP contribution >= 0.6 is 0 Å². The molecule has 0 spiro atoms. The molecule has 0 radical (unpaired) electrons. The standard InChI is InChI=1S/C18H24N4O3/c1-3-14(12-23)21-8-10-22(11-9-21)18(24)16-7-5-4-6-15(16)17-20-19-13(2)25-17/h4-7,14,23H,3,8-12H2,1-2H3. The van der Waals surface area contributed by atoms with Crippen LogP contribution in [0.2, 0.25) is 0 Å². The molecule has 0 aliphatic carbocycles. The Morgan fingerprint density at radius 3 is 2.56 bits per heavy atom. The van der Waals surface area contributed by atoms with E-state index in [9.17, 15) is 9.90 Å². The largest absolute Gasteiger partial charge is 0.421 e. The Labute approximate surface area is 147 Å². The number of amides is 1. The molecule has 7 heteroatoms. The van der Waals surface area contributed by atoms with Gasteiger partial charge in [0.15, 0.2) is 0 Å². The molecule has 1 amide bonds. The summed E-state index contributed by atoms with van der Waals surface area (Å²) in [6.07, 6.45) is 0.907. The quantitative estimate of drug-likeness (QED) is 0.887. The number of hydrogen-bond donors (Lipinski definition) is 1. The van der Waals surface area contributed by atoms with Gasteiger partial charge < -0.3 is 14.4 Å². The van der Waals surface area contributed by atoms with Crippen molar-refractivity contribution >= 4 is 5.91 Å². The molecule has 134 valence electrons. The molecule has 7 nitrogen and oxygen atoms in total. The minimum absolute atomic E-state index is 0.0249. The first kappa shape index (κ1) is 17.6. The van der Waals surface area contributed by atoms with Gasteiger partial charge in [0, 0.05) is 39.1 Å². The van der Waals surface area contributed by atoms with Crippen molar-refractivity contribution in [1.82, 2.24) is 20.0 Å². The summed E-state index contributed by atoms with van der Waals surface area (Å²) < 4.78 is 5.50. The SMILES string of the molecule is CCC(CO)N1CCN(C(=O)c2ccccc2-c2nnc(C)o2)CC1. The fourth-order valence-electron chi connectivity index (χ4n) is 3.22. The van der Waals surface area contributed by atoms with E-state index in [2.05, 4.69) is 22.0 Å². The van der Waals surface area contributed by atoms with Gasteiger partial charge in [-0.05, 0) is 18.6 Å². The minimum Gasteiger partial charge on any atom is -0.421 e. The topological polar surface area (TPSA) is 82.7 Å². The zero-order valence-corrected chi connectivity index (χ0v) is 14.7. The van der Waals surface area contributed by atoms with Gasteiger partial charge >= 0.3 is 0 Å². The van der Waals surface area contributed by atoms with E-state index in [1.165, 1.54) is 0 Å². The van der Waals surface area contributed by atoms with E-state index in [-0.39, 0.29) is 18.6 Å². The summed E-state index contributed by atoms with van der Waals surface area (Å²) in [6.45, 7) is 6.79. The predicted octanol–water partition coefficient (Wildman–Crippen LogP) is 1.57. The molecule has 1 aliphatic rings. The van der Waals surface area contributed by atoms with Gasteiger partial charge in [-0.2, -0.15) is 0 Å². The highest BCUT2D eigenvalue weighted by Gasteiger charge is 2.27. The van der Waals surface area contributed by atoms with Crippen LogP contribution in [-0.4, -0.2) is 69.8 Å². The summed E-state index contributed by atoms with van der Waals surface area (Å²) in [5, 5.41) is 17.3. The van der Waals surface area contributed by atoms with Crippen LogP contribution < -0.4 is 0 Å². The maximum absolute atomic E-state index is 13.0. The van der Waals surface area contributed by atoms with Gasteiger partial charge in [-0.25, -0.2) is 0 Å². The van der Waals surface area contributed by atoms with Crippen molar-refractivity contribution < 1.29 is 14.3 Å². The molecule has 1 aliphatic heterocycles. The van der Waals surface area contributed by atoms with Crippen molar-refractivity contribution in [2.45, 2.75) is 26.3 Å². The zero-order chi connectivity index (χ0) is 17.8. The molecule has 3 rings (SSSR count). The lowest BCUT2D eigenvalue weighted by Crippen LogP contribution is -2.52. The van der Waals surface area contributed by atoms with Gasteiger partial charge in [0.25, 0.3) is 5.91 Å². The number of piperazine rings is 1. The van der Waals surface area contributed by atoms with Crippen LogP contribution in [0.15, 0.2) is 28.7 Å². The second-order valence-electron chi connectivity index (χ2n) is 6.24. The molecular formula is C18H24N4O3. The molecule has 1 saturated heterocycles. The molecule has 1 unspecified atom stereocenters. The number of aryl methyl sites for hydroxylation is 1. The second kappa shape index (κ2) is 7.76. The molecule has 0 saturated carbocycles. The number of benzene rings is 1. The minimum atomic E-state index is -0.0249. The third-order valence-corrected chi connectivity index (χ3v) is 4.71. The van der Waals surface area contributed by atoms with Crippen LogP contribution in [0, 0.1) is 6.92 Å². The van der Waals surface area contributed by atoms with E-state index in [4.69, 9.17) is 4.42 Å². The van der Waals surface area contributed by atoms with Crippen LogP contribution in [0.25, 0.3) is 11.5 Å². The van der Waals surface area contributed by atoms with Crippen LogP contribution in [0.5, 0.6) is 0 Å². The lowest BCUT2D eigenvalue weighted by Gasteiger charge is -2.38. The van der Waals surface area contributed by atoms with E-state index >= 15 is 0 Å². The Morgan fingerprint density at radius 1 is 1.24 bits per heavy atom. The summed E-state index contributed by atoms with van der Waals surface area (Å²) in [4.78, 5) is 17.1. The number of carbonyl (C=O) groups excluding carboxylic acids is 1. The molecule has 0 bridgehead atoms. The highest BCUT2D eigenvalue weighted by molar-refractivity contribution is 6.00. The van der Waals surface area contributed by atoms with Crippen molar-refractivity contribution in [3.8, 4) is 11.5 Å². The van der Waals surface area contributed by atoms with Gasteiger partial charge in [0.1, 0.15) is 0 Å². The summed E-state index contributed by atoms with van der Waals surface area (Å²) in [5.74, 6) is 0.815. The summed E-state index contributed by atoms with van der Waals surface area (Å²) in [6, 6.07) is 7.50. The first-order valence-corrected chi connectivity index (χ1v) is 8.67. The molecule has 1 aromatic heterocycles. The van der Waals surface area contributed by atoms with Gasteiger partial charge in [0.2, 0.25) is 11.8 Å². The fraction of sp³-hybridized carbons (Fsp3) is 0.500. The first-order valence-electron chi connectivity index (χ1n) is 8.67. The van der Waals surface area contributed by atoms with E-state index in [0.29, 0.717) is 36.0 Å². The molecular weight excluding hydrogens is 320 g/mol. The number of aromatic nitrogens is 2. The normalized spacial score (nSPS) is 16.8. The molecule has 1 atom stereocenters. The molecule has 1 fully saturated rings. The lowest BCUT2D eigenvalue weighted by atomic mass is 10.1. The highest BCUT2D eigenvalue weighted by atomic mass is 16.4. The monoisotopic (exact) mass is 344 g/mol. The van der Waals surface area contributed by atoms with Crippen LogP contribution in [0.1, 0.15) is 29.6 Å². The van der Waals surface area contributed by atoms with E-state index in [1.807, 2.05) is 23.1 Å². The Hall–Kier alpha value is -2.25. The van der Waals surface area contributed by atoms with E-state index < -0.39 is 0 Å². The first-order chi connectivity index (χ1) is 12.1. The van der Waals surface area contributed by atoms with Gasteiger partial charge in [0.05, 0.1) is 17.7 Å². The number of nitrogens with zero attached hydrogens (tertiary/aromatic N) is 4. The Bertz CT molecular complexity index is 719. The van der Waals surface area contributed by atoms with Crippen LogP contribution in [0.3, 0.4) is 0 Å². The lowest BCUT2D eigenvalue weighted by molar-refractivity contribution is 0.0473. The smallest absolute Gasteiger partial charge is 0.254 e. The van der Waals surface area contributed by atoms with Gasteiger partial charge in [-0.15, -0.1) is 10.2 Å². The molecule has 2 heterocycles. The Balaban J connectivity index is 1.75. The van der Waals surface area contributed by atoms with Crippen molar-refractivity contribution in [3.63, 3.8) is 0 Å². The molecule has 1 aromatic carbocycles. The summed E-state index contributed by atoms with van der Waals surface area (Å²) >= 11 is 0. The number of carbonyl (C=O) groups is 1. The second-order valence-corrected chi connectivity index (χ2v) is 6.24. The maximum Gasteiger partial charge on any atom is 0.254 e. The average Bonchev–Trinajstić information content (AvgIpc) is 3.09. The van der Waals surface area contributed by atoms with Crippen molar-refractivity contribution in [1.29, 1.82) is 0 Å². The van der Waals surface area contributed by atoms with Crippen LogP contribution in [0.4, 0.5) is 0 Å². The molecule has 1 N–H and O–H groups in total. The Kier molecular flexibility index (Phi) is 5.45.